The van der Waals surface area contributed by atoms with Crippen LogP contribution in [0.4, 0.5) is 0 Å². The summed E-state index contributed by atoms with van der Waals surface area (Å²) in [6.45, 7) is -0.0774. The number of nitrogens with one attached hydrogen (secondary N) is 1. The number of aliphatic hydroxyl groups is 4. The Morgan fingerprint density at radius 1 is 1.22 bits per heavy atom. The molecule has 2 saturated heterocycles. The van der Waals surface area contributed by atoms with Crippen LogP contribution in [0.3, 0.4) is 0 Å². The van der Waals surface area contributed by atoms with Gasteiger partial charge in [0.15, 0.2) is 0 Å². The van der Waals surface area contributed by atoms with E-state index in [1.807, 2.05) is 0 Å². The van der Waals surface area contributed by atoms with Crippen molar-refractivity contribution in [3.05, 3.63) is 0 Å². The van der Waals surface area contributed by atoms with Crippen LogP contribution in [0.1, 0.15) is 6.42 Å². The Morgan fingerprint density at radius 2 is 1.89 bits per heavy atom. The van der Waals surface area contributed by atoms with Crippen molar-refractivity contribution in [3.63, 3.8) is 0 Å². The molecular weight excluding hydrogens is 244 g/mol. The second kappa shape index (κ2) is 5.08. The predicted octanol–water partition coefficient (Wildman–Crippen LogP) is -3.48. The average Bonchev–Trinajstić information content (AvgIpc) is 2.70. The normalized spacial score (nSPS) is 44.9. The number of carbonyl (C=O) groups is 1. The molecule has 2 heterocycles. The quantitative estimate of drug-likeness (QED) is 0.309. The Hall–Kier alpha value is -0.770. The lowest BCUT2D eigenvalue weighted by Crippen LogP contribution is -2.67. The SMILES string of the molecule is O=C(O)CC1CN2C(N1)[C@H](O)[C@@H](O)[C@H](O)[C@H]2CO. The average molecular weight is 262 g/mol. The fraction of sp³-hybridized carbons (Fsp3) is 0.900. The van der Waals surface area contributed by atoms with E-state index >= 15 is 0 Å². The van der Waals surface area contributed by atoms with E-state index in [9.17, 15) is 25.2 Å². The third-order valence-corrected chi connectivity index (χ3v) is 3.65. The number of aliphatic carboxylic acids is 1. The Bertz CT molecular complexity index is 327. The number of rotatable bonds is 3. The highest BCUT2D eigenvalue weighted by atomic mass is 16.4. The summed E-state index contributed by atoms with van der Waals surface area (Å²) in [6.07, 6.45) is -4.61. The summed E-state index contributed by atoms with van der Waals surface area (Å²) < 4.78 is 0. The molecule has 0 aromatic rings. The lowest BCUT2D eigenvalue weighted by molar-refractivity contribution is -0.164. The molecule has 2 aliphatic rings. The van der Waals surface area contributed by atoms with Crippen molar-refractivity contribution in [2.24, 2.45) is 0 Å². The summed E-state index contributed by atoms with van der Waals surface area (Å²) in [4.78, 5) is 12.3. The molecule has 0 aliphatic carbocycles. The maximum absolute atomic E-state index is 10.7. The summed E-state index contributed by atoms with van der Waals surface area (Å²) in [5.41, 5.74) is 0. The summed E-state index contributed by atoms with van der Waals surface area (Å²) in [5, 5.41) is 50.2. The maximum atomic E-state index is 10.7. The summed E-state index contributed by atoms with van der Waals surface area (Å²) in [6, 6.07) is -1.09. The molecule has 0 bridgehead atoms. The van der Waals surface area contributed by atoms with E-state index in [4.69, 9.17) is 5.11 Å². The molecule has 2 aliphatic heterocycles. The topological polar surface area (TPSA) is 133 Å². The summed E-state index contributed by atoms with van der Waals surface area (Å²) in [5.74, 6) is -0.969. The summed E-state index contributed by atoms with van der Waals surface area (Å²) in [7, 11) is 0. The van der Waals surface area contributed by atoms with Crippen molar-refractivity contribution in [2.45, 2.75) is 43.0 Å². The third kappa shape index (κ3) is 2.22. The van der Waals surface area contributed by atoms with Crippen LogP contribution in [-0.2, 0) is 4.79 Å². The van der Waals surface area contributed by atoms with Crippen LogP contribution in [0, 0.1) is 0 Å². The lowest BCUT2D eigenvalue weighted by Gasteiger charge is -2.44. The van der Waals surface area contributed by atoms with Crippen molar-refractivity contribution in [1.29, 1.82) is 0 Å². The minimum absolute atomic E-state index is 0.121. The largest absolute Gasteiger partial charge is 0.481 e. The van der Waals surface area contributed by atoms with Gasteiger partial charge in [-0.1, -0.05) is 0 Å². The first-order valence-corrected chi connectivity index (χ1v) is 5.84. The zero-order valence-electron chi connectivity index (χ0n) is 9.68. The van der Waals surface area contributed by atoms with E-state index in [-0.39, 0.29) is 19.1 Å². The van der Waals surface area contributed by atoms with Crippen LogP contribution in [0.15, 0.2) is 0 Å². The summed E-state index contributed by atoms with van der Waals surface area (Å²) >= 11 is 0. The van der Waals surface area contributed by atoms with Crippen molar-refractivity contribution in [2.75, 3.05) is 13.2 Å². The van der Waals surface area contributed by atoms with Crippen molar-refractivity contribution < 1.29 is 30.3 Å². The van der Waals surface area contributed by atoms with E-state index in [0.717, 1.165) is 0 Å². The molecule has 8 heteroatoms. The van der Waals surface area contributed by atoms with Gasteiger partial charge in [0.2, 0.25) is 0 Å². The van der Waals surface area contributed by atoms with Crippen molar-refractivity contribution >= 4 is 5.97 Å². The predicted molar refractivity (Wildman–Crippen MR) is 58.6 cm³/mol. The van der Waals surface area contributed by atoms with Gasteiger partial charge in [-0.2, -0.15) is 0 Å². The highest BCUT2D eigenvalue weighted by Crippen LogP contribution is 2.27. The van der Waals surface area contributed by atoms with Gasteiger partial charge in [0, 0.05) is 12.6 Å². The first-order valence-electron chi connectivity index (χ1n) is 5.84. The van der Waals surface area contributed by atoms with Crippen LogP contribution in [0.25, 0.3) is 0 Å². The molecule has 0 saturated carbocycles. The van der Waals surface area contributed by atoms with E-state index in [1.165, 1.54) is 0 Å². The number of hydrogen-bond donors (Lipinski definition) is 6. The monoisotopic (exact) mass is 262 g/mol. The van der Waals surface area contributed by atoms with Crippen LogP contribution < -0.4 is 5.32 Å². The Kier molecular flexibility index (Phi) is 3.85. The van der Waals surface area contributed by atoms with E-state index in [2.05, 4.69) is 5.32 Å². The molecule has 8 nitrogen and oxygen atoms in total. The highest BCUT2D eigenvalue weighted by Gasteiger charge is 2.51. The zero-order valence-corrected chi connectivity index (χ0v) is 9.68. The molecule has 0 aromatic carbocycles. The molecule has 18 heavy (non-hydrogen) atoms. The van der Waals surface area contributed by atoms with Crippen molar-refractivity contribution in [1.82, 2.24) is 10.2 Å². The number of carboxylic acids is 1. The molecule has 2 fully saturated rings. The van der Waals surface area contributed by atoms with Gasteiger partial charge >= 0.3 is 5.97 Å². The van der Waals surface area contributed by atoms with Crippen molar-refractivity contribution in [3.8, 4) is 0 Å². The lowest BCUT2D eigenvalue weighted by atomic mass is 9.92. The number of piperidine rings is 1. The molecule has 0 spiro atoms. The van der Waals surface area contributed by atoms with Crippen LogP contribution in [0.2, 0.25) is 0 Å². The van der Waals surface area contributed by atoms with Crippen LogP contribution in [-0.4, -0.2) is 86.1 Å². The van der Waals surface area contributed by atoms with Crippen LogP contribution in [0.5, 0.6) is 0 Å². The van der Waals surface area contributed by atoms with Gasteiger partial charge in [-0.15, -0.1) is 0 Å². The fourth-order valence-electron chi connectivity index (χ4n) is 2.75. The first kappa shape index (κ1) is 13.7. The Labute approximate surface area is 103 Å². The minimum Gasteiger partial charge on any atom is -0.481 e. The van der Waals surface area contributed by atoms with E-state index in [1.54, 1.807) is 4.90 Å². The molecule has 0 amide bonds. The standard InChI is InChI=1S/C10H18N2O6/c13-3-5-7(16)8(17)9(18)10-11-4(1-6(14)15)2-12(5)10/h4-5,7-11,13,16-18H,1-3H2,(H,14,15)/t4?,5-,7-,8+,9-,10?/m1/s1. The molecule has 0 radical (unpaired) electrons. The molecule has 2 rings (SSSR count). The van der Waals surface area contributed by atoms with Gasteiger partial charge in [-0.25, -0.2) is 0 Å². The Morgan fingerprint density at radius 3 is 2.44 bits per heavy atom. The van der Waals surface area contributed by atoms with Gasteiger partial charge < -0.3 is 25.5 Å². The van der Waals surface area contributed by atoms with Gasteiger partial charge in [0.25, 0.3) is 0 Å². The van der Waals surface area contributed by atoms with Gasteiger partial charge in [0.1, 0.15) is 18.3 Å². The fourth-order valence-corrected chi connectivity index (χ4v) is 2.75. The molecule has 6 N–H and O–H groups in total. The van der Waals surface area contributed by atoms with E-state index in [0.29, 0.717) is 6.54 Å². The van der Waals surface area contributed by atoms with Gasteiger partial charge in [-0.05, 0) is 0 Å². The Balaban J connectivity index is 2.13. The number of hydrogen-bond acceptors (Lipinski definition) is 7. The number of carboxylic acid groups (broad SMARTS) is 1. The molecule has 104 valence electrons. The van der Waals surface area contributed by atoms with Gasteiger partial charge in [-0.3, -0.25) is 15.0 Å². The third-order valence-electron chi connectivity index (χ3n) is 3.65. The maximum Gasteiger partial charge on any atom is 0.304 e. The van der Waals surface area contributed by atoms with E-state index < -0.39 is 36.5 Å². The molecule has 6 atom stereocenters. The van der Waals surface area contributed by atoms with Crippen LogP contribution >= 0.6 is 0 Å². The minimum atomic E-state index is -1.36. The second-order valence-corrected chi connectivity index (χ2v) is 4.82. The van der Waals surface area contributed by atoms with Gasteiger partial charge in [0.05, 0.1) is 25.2 Å². The number of aliphatic hydroxyl groups excluding tert-OH is 4. The molecular formula is C10H18N2O6. The zero-order chi connectivity index (χ0) is 13.4. The smallest absolute Gasteiger partial charge is 0.304 e. The number of fused-ring (bicyclic) bond motifs is 1. The second-order valence-electron chi connectivity index (χ2n) is 4.82. The highest BCUT2D eigenvalue weighted by molar-refractivity contribution is 5.67. The molecule has 2 unspecified atom stereocenters. The molecule has 0 aromatic heterocycles. The first-order chi connectivity index (χ1) is 8.45. The number of nitrogens with zero attached hydrogens (tertiary/aromatic N) is 1.